The van der Waals surface area contributed by atoms with Gasteiger partial charge in [0.25, 0.3) is 0 Å². The molecule has 1 aromatic heterocycles. The maximum absolute atomic E-state index is 4.70. The Labute approximate surface area is 117 Å². The molecular formula is C15H26N4. The lowest BCUT2D eigenvalue weighted by Crippen LogP contribution is -2.23. The van der Waals surface area contributed by atoms with E-state index in [1.165, 1.54) is 0 Å². The van der Waals surface area contributed by atoms with Gasteiger partial charge in [0.15, 0.2) is 0 Å². The molecule has 0 amide bonds. The van der Waals surface area contributed by atoms with Crippen LogP contribution in [0.15, 0.2) is 18.9 Å². The summed E-state index contributed by atoms with van der Waals surface area (Å²) in [6.07, 6.45) is 4.94. The highest BCUT2D eigenvalue weighted by Gasteiger charge is 2.12. The van der Waals surface area contributed by atoms with Crippen molar-refractivity contribution >= 4 is 5.69 Å². The fraction of sp³-hybridized carbons (Fsp3) is 0.600. The summed E-state index contributed by atoms with van der Waals surface area (Å²) in [5.41, 5.74) is 2.14. The summed E-state index contributed by atoms with van der Waals surface area (Å²) in [6, 6.07) is 0. The predicted molar refractivity (Wildman–Crippen MR) is 81.6 cm³/mol. The molecule has 1 rings (SSSR count). The van der Waals surface area contributed by atoms with Crippen LogP contribution < -0.4 is 10.2 Å². The average Bonchev–Trinajstić information content (AvgIpc) is 2.39. The van der Waals surface area contributed by atoms with Crippen LogP contribution in [0, 0.1) is 0 Å². The highest BCUT2D eigenvalue weighted by molar-refractivity contribution is 5.49. The molecule has 19 heavy (non-hydrogen) atoms. The molecule has 0 aliphatic rings. The molecule has 0 aliphatic heterocycles. The van der Waals surface area contributed by atoms with Gasteiger partial charge < -0.3 is 10.2 Å². The second-order valence-corrected chi connectivity index (χ2v) is 5.06. The molecule has 1 aromatic rings. The Morgan fingerprint density at radius 1 is 1.47 bits per heavy atom. The quantitative estimate of drug-likeness (QED) is 0.578. The normalized spacial score (nSPS) is 10.8. The van der Waals surface area contributed by atoms with Gasteiger partial charge in [-0.1, -0.05) is 26.8 Å². The smallest absolute Gasteiger partial charge is 0.131 e. The number of hydrogen-bond acceptors (Lipinski definition) is 4. The molecule has 106 valence electrons. The van der Waals surface area contributed by atoms with Crippen molar-refractivity contribution in [2.45, 2.75) is 39.7 Å². The van der Waals surface area contributed by atoms with E-state index in [0.717, 1.165) is 43.3 Å². The van der Waals surface area contributed by atoms with E-state index in [0.29, 0.717) is 5.92 Å². The van der Waals surface area contributed by atoms with Crippen molar-refractivity contribution < 1.29 is 0 Å². The van der Waals surface area contributed by atoms with E-state index in [2.05, 4.69) is 42.6 Å². The number of rotatable bonds is 8. The van der Waals surface area contributed by atoms with Gasteiger partial charge in [-0.25, -0.2) is 9.97 Å². The Balaban J connectivity index is 2.96. The standard InChI is InChI=1S/C15H26N4/c1-6-8-16-10-13-14(19(5)9-7-2)11-17-15(18-13)12(3)4/h7,11-12,16H,2,6,8-10H2,1,3-5H3. The van der Waals surface area contributed by atoms with Crippen LogP contribution in [0.2, 0.25) is 0 Å². The van der Waals surface area contributed by atoms with Crippen LogP contribution in [0.3, 0.4) is 0 Å². The summed E-state index contributed by atoms with van der Waals surface area (Å²) < 4.78 is 0. The number of aromatic nitrogens is 2. The van der Waals surface area contributed by atoms with E-state index in [1.54, 1.807) is 0 Å². The number of likely N-dealkylation sites (N-methyl/N-ethyl adjacent to an activating group) is 1. The average molecular weight is 262 g/mol. The van der Waals surface area contributed by atoms with E-state index in [1.807, 2.05) is 19.3 Å². The lowest BCUT2D eigenvalue weighted by atomic mass is 10.2. The van der Waals surface area contributed by atoms with Crippen LogP contribution in [0.5, 0.6) is 0 Å². The zero-order valence-electron chi connectivity index (χ0n) is 12.6. The number of nitrogens with zero attached hydrogens (tertiary/aromatic N) is 3. The molecule has 0 bridgehead atoms. The van der Waals surface area contributed by atoms with Crippen molar-refractivity contribution in [3.8, 4) is 0 Å². The van der Waals surface area contributed by atoms with Crippen LogP contribution in [-0.2, 0) is 6.54 Å². The summed E-state index contributed by atoms with van der Waals surface area (Å²) in [5.74, 6) is 1.26. The largest absolute Gasteiger partial charge is 0.368 e. The van der Waals surface area contributed by atoms with Gasteiger partial charge in [0.1, 0.15) is 5.82 Å². The van der Waals surface area contributed by atoms with Gasteiger partial charge in [-0.2, -0.15) is 0 Å². The van der Waals surface area contributed by atoms with Gasteiger partial charge in [-0.05, 0) is 13.0 Å². The first-order valence-corrected chi connectivity index (χ1v) is 6.98. The third kappa shape index (κ3) is 4.63. The van der Waals surface area contributed by atoms with Gasteiger partial charge in [0, 0.05) is 26.1 Å². The molecule has 0 aliphatic carbocycles. The van der Waals surface area contributed by atoms with E-state index >= 15 is 0 Å². The zero-order chi connectivity index (χ0) is 14.3. The van der Waals surface area contributed by atoms with Crippen molar-refractivity contribution in [1.82, 2.24) is 15.3 Å². The molecule has 1 heterocycles. The van der Waals surface area contributed by atoms with Gasteiger partial charge in [0.05, 0.1) is 17.6 Å². The van der Waals surface area contributed by atoms with Crippen LogP contribution >= 0.6 is 0 Å². The van der Waals surface area contributed by atoms with Crippen molar-refractivity contribution in [2.75, 3.05) is 25.0 Å². The topological polar surface area (TPSA) is 41.1 Å². The molecule has 0 spiro atoms. The van der Waals surface area contributed by atoms with Crippen LogP contribution in [0.4, 0.5) is 5.69 Å². The summed E-state index contributed by atoms with van der Waals surface area (Å²) in [4.78, 5) is 11.3. The van der Waals surface area contributed by atoms with E-state index in [-0.39, 0.29) is 0 Å². The SMILES string of the molecule is C=CCN(C)c1cnc(C(C)C)nc1CNCCC. The highest BCUT2D eigenvalue weighted by Crippen LogP contribution is 2.19. The molecule has 0 aromatic carbocycles. The van der Waals surface area contributed by atoms with E-state index in [9.17, 15) is 0 Å². The molecule has 0 saturated heterocycles. The Kier molecular flexibility index (Phi) is 6.50. The highest BCUT2D eigenvalue weighted by atomic mass is 15.1. The minimum absolute atomic E-state index is 0.351. The van der Waals surface area contributed by atoms with Crippen molar-refractivity contribution in [3.63, 3.8) is 0 Å². The lowest BCUT2D eigenvalue weighted by Gasteiger charge is -2.21. The first-order valence-electron chi connectivity index (χ1n) is 6.98. The number of nitrogens with one attached hydrogen (secondary N) is 1. The summed E-state index contributed by atoms with van der Waals surface area (Å²) in [7, 11) is 2.04. The summed E-state index contributed by atoms with van der Waals surface area (Å²) in [5, 5.41) is 3.41. The summed E-state index contributed by atoms with van der Waals surface area (Å²) in [6.45, 7) is 12.8. The Bertz CT molecular complexity index is 401. The fourth-order valence-corrected chi connectivity index (χ4v) is 1.83. The second-order valence-electron chi connectivity index (χ2n) is 5.06. The minimum atomic E-state index is 0.351. The molecule has 0 fully saturated rings. The van der Waals surface area contributed by atoms with Gasteiger partial charge >= 0.3 is 0 Å². The predicted octanol–water partition coefficient (Wildman–Crippen LogP) is 2.72. The first-order chi connectivity index (χ1) is 9.10. The van der Waals surface area contributed by atoms with E-state index in [4.69, 9.17) is 4.98 Å². The molecule has 4 heteroatoms. The third-order valence-electron chi connectivity index (χ3n) is 2.91. The fourth-order valence-electron chi connectivity index (χ4n) is 1.83. The number of hydrogen-bond donors (Lipinski definition) is 1. The minimum Gasteiger partial charge on any atom is -0.368 e. The van der Waals surface area contributed by atoms with Crippen molar-refractivity contribution in [1.29, 1.82) is 0 Å². The Morgan fingerprint density at radius 2 is 2.21 bits per heavy atom. The van der Waals surface area contributed by atoms with E-state index < -0.39 is 0 Å². The second kappa shape index (κ2) is 7.89. The maximum Gasteiger partial charge on any atom is 0.131 e. The molecule has 0 unspecified atom stereocenters. The monoisotopic (exact) mass is 262 g/mol. The molecule has 0 atom stereocenters. The van der Waals surface area contributed by atoms with Crippen LogP contribution in [0.1, 0.15) is 44.6 Å². The number of anilines is 1. The lowest BCUT2D eigenvalue weighted by molar-refractivity contribution is 0.651. The van der Waals surface area contributed by atoms with Gasteiger partial charge in [-0.15, -0.1) is 6.58 Å². The van der Waals surface area contributed by atoms with Gasteiger partial charge in [0.2, 0.25) is 0 Å². The molecule has 0 saturated carbocycles. The van der Waals surface area contributed by atoms with Crippen LogP contribution in [-0.4, -0.2) is 30.1 Å². The first kappa shape index (κ1) is 15.6. The molecular weight excluding hydrogens is 236 g/mol. The molecule has 1 N–H and O–H groups in total. The zero-order valence-corrected chi connectivity index (χ0v) is 12.6. The Morgan fingerprint density at radius 3 is 2.79 bits per heavy atom. The van der Waals surface area contributed by atoms with Crippen molar-refractivity contribution in [2.24, 2.45) is 0 Å². The third-order valence-corrected chi connectivity index (χ3v) is 2.91. The summed E-state index contributed by atoms with van der Waals surface area (Å²) >= 11 is 0. The van der Waals surface area contributed by atoms with Crippen molar-refractivity contribution in [3.05, 3.63) is 30.4 Å². The maximum atomic E-state index is 4.70. The van der Waals surface area contributed by atoms with Gasteiger partial charge in [-0.3, -0.25) is 0 Å². The molecule has 0 radical (unpaired) electrons. The Hall–Kier alpha value is -1.42. The van der Waals surface area contributed by atoms with Crippen LogP contribution in [0.25, 0.3) is 0 Å². The molecule has 4 nitrogen and oxygen atoms in total.